The largest absolute Gasteiger partial charge is 0.497 e. The van der Waals surface area contributed by atoms with E-state index in [1.807, 2.05) is 85.8 Å². The summed E-state index contributed by atoms with van der Waals surface area (Å²) in [6.07, 6.45) is 0.390. The third kappa shape index (κ3) is 6.84. The van der Waals surface area contributed by atoms with Crippen molar-refractivity contribution in [1.29, 1.82) is 0 Å². The molecular formula is C27H30N2O4. The molecule has 1 N–H and O–H groups in total. The number of hydrogen-bond acceptors (Lipinski definition) is 4. The maximum Gasteiger partial charge on any atom is 0.261 e. The van der Waals surface area contributed by atoms with Gasteiger partial charge in [0, 0.05) is 20.0 Å². The highest BCUT2D eigenvalue weighted by molar-refractivity contribution is 5.88. The number of nitrogens with zero attached hydrogens (tertiary/aromatic N) is 1. The van der Waals surface area contributed by atoms with Crippen LogP contribution in [0.15, 0.2) is 78.9 Å². The molecule has 0 saturated carbocycles. The van der Waals surface area contributed by atoms with Crippen LogP contribution in [0.4, 0.5) is 0 Å². The Bertz CT molecular complexity index is 1050. The first-order valence-electron chi connectivity index (χ1n) is 10.9. The summed E-state index contributed by atoms with van der Waals surface area (Å²) in [6, 6.07) is 24.0. The Morgan fingerprint density at radius 3 is 2.27 bits per heavy atom. The zero-order chi connectivity index (χ0) is 23.6. The highest BCUT2D eigenvalue weighted by Crippen LogP contribution is 2.19. The molecule has 0 spiro atoms. The summed E-state index contributed by atoms with van der Waals surface area (Å²) in [5, 5.41) is 2.71. The van der Waals surface area contributed by atoms with Gasteiger partial charge in [0.2, 0.25) is 5.91 Å². The molecule has 3 rings (SSSR count). The third-order valence-electron chi connectivity index (χ3n) is 5.39. The van der Waals surface area contributed by atoms with Gasteiger partial charge in [0.25, 0.3) is 5.91 Å². The molecule has 0 radical (unpaired) electrons. The number of ether oxygens (including phenoxy) is 2. The van der Waals surface area contributed by atoms with Gasteiger partial charge in [-0.05, 0) is 42.3 Å². The topological polar surface area (TPSA) is 67.9 Å². The van der Waals surface area contributed by atoms with E-state index in [2.05, 4.69) is 5.32 Å². The van der Waals surface area contributed by atoms with Gasteiger partial charge in [-0.1, -0.05) is 60.2 Å². The molecule has 6 nitrogen and oxygen atoms in total. The number of hydrogen-bond donors (Lipinski definition) is 1. The molecule has 0 aromatic heterocycles. The normalized spacial score (nSPS) is 11.4. The first-order valence-corrected chi connectivity index (χ1v) is 10.9. The number of carbonyl (C=O) groups is 2. The molecule has 0 aliphatic carbocycles. The fourth-order valence-electron chi connectivity index (χ4n) is 3.55. The van der Waals surface area contributed by atoms with Crippen LogP contribution in [0.25, 0.3) is 0 Å². The molecule has 1 unspecified atom stereocenters. The minimum absolute atomic E-state index is 0.171. The molecule has 0 fully saturated rings. The Kier molecular flexibility index (Phi) is 8.47. The first kappa shape index (κ1) is 23.9. The second-order valence-electron chi connectivity index (χ2n) is 7.79. The standard InChI is InChI=1S/C27H30N2O4/c1-20-12-14-23(15-13-20)33-19-26(30)29(18-22-10-7-11-24(16-22)32-3)25(27(31)28-2)17-21-8-5-4-6-9-21/h4-16,25H,17-19H2,1-3H3,(H,28,31). The van der Waals surface area contributed by atoms with Gasteiger partial charge in [-0.15, -0.1) is 0 Å². The van der Waals surface area contributed by atoms with Gasteiger partial charge in [-0.25, -0.2) is 0 Å². The zero-order valence-electron chi connectivity index (χ0n) is 19.3. The minimum atomic E-state index is -0.697. The lowest BCUT2D eigenvalue weighted by Crippen LogP contribution is -2.51. The molecule has 0 saturated heterocycles. The zero-order valence-corrected chi connectivity index (χ0v) is 19.3. The van der Waals surface area contributed by atoms with Crippen molar-refractivity contribution < 1.29 is 19.1 Å². The number of carbonyl (C=O) groups excluding carboxylic acids is 2. The van der Waals surface area contributed by atoms with Crippen molar-refractivity contribution in [2.24, 2.45) is 0 Å². The average molecular weight is 447 g/mol. The highest BCUT2D eigenvalue weighted by Gasteiger charge is 2.30. The second kappa shape index (κ2) is 11.7. The van der Waals surface area contributed by atoms with E-state index in [-0.39, 0.29) is 25.0 Å². The van der Waals surface area contributed by atoms with Gasteiger partial charge in [0.1, 0.15) is 17.5 Å². The van der Waals surface area contributed by atoms with Crippen LogP contribution in [0.1, 0.15) is 16.7 Å². The average Bonchev–Trinajstić information content (AvgIpc) is 2.86. The third-order valence-corrected chi connectivity index (χ3v) is 5.39. The Labute approximate surface area is 195 Å². The lowest BCUT2D eigenvalue weighted by molar-refractivity contribution is -0.142. The van der Waals surface area contributed by atoms with Crippen molar-refractivity contribution in [3.05, 3.63) is 95.6 Å². The lowest BCUT2D eigenvalue weighted by atomic mass is 10.0. The number of likely N-dealkylation sites (N-methyl/N-ethyl adjacent to an activating group) is 1. The molecule has 0 bridgehead atoms. The number of aryl methyl sites for hydroxylation is 1. The summed E-state index contributed by atoms with van der Waals surface area (Å²) in [5.41, 5.74) is 2.94. The predicted molar refractivity (Wildman–Crippen MR) is 128 cm³/mol. The summed E-state index contributed by atoms with van der Waals surface area (Å²) in [5.74, 6) is 0.790. The van der Waals surface area contributed by atoms with E-state index >= 15 is 0 Å². The molecule has 172 valence electrons. The number of amides is 2. The van der Waals surface area contributed by atoms with Crippen molar-refractivity contribution in [2.75, 3.05) is 20.8 Å². The summed E-state index contributed by atoms with van der Waals surface area (Å²) < 4.78 is 11.1. The summed E-state index contributed by atoms with van der Waals surface area (Å²) in [7, 11) is 3.18. The van der Waals surface area contributed by atoms with Gasteiger partial charge in [0.15, 0.2) is 6.61 Å². The fraction of sp³-hybridized carbons (Fsp3) is 0.259. The smallest absolute Gasteiger partial charge is 0.261 e. The number of benzene rings is 3. The van der Waals surface area contributed by atoms with Crippen LogP contribution in [0, 0.1) is 6.92 Å². The number of methoxy groups -OCH3 is 1. The van der Waals surface area contributed by atoms with Crippen molar-refractivity contribution in [3.63, 3.8) is 0 Å². The first-order chi connectivity index (χ1) is 16.0. The molecule has 3 aromatic carbocycles. The molecule has 6 heteroatoms. The summed E-state index contributed by atoms with van der Waals surface area (Å²) >= 11 is 0. The molecule has 3 aromatic rings. The molecule has 2 amide bonds. The van der Waals surface area contributed by atoms with Crippen LogP contribution in [-0.2, 0) is 22.6 Å². The molecule has 33 heavy (non-hydrogen) atoms. The van der Waals surface area contributed by atoms with Gasteiger partial charge in [-0.2, -0.15) is 0 Å². The van der Waals surface area contributed by atoms with Crippen molar-refractivity contribution in [1.82, 2.24) is 10.2 Å². The van der Waals surface area contributed by atoms with Crippen molar-refractivity contribution in [2.45, 2.75) is 25.9 Å². The Balaban J connectivity index is 1.87. The van der Waals surface area contributed by atoms with Crippen molar-refractivity contribution in [3.8, 4) is 11.5 Å². The summed E-state index contributed by atoms with van der Waals surface area (Å²) in [4.78, 5) is 27.9. The monoisotopic (exact) mass is 446 g/mol. The van der Waals surface area contributed by atoms with Crippen LogP contribution in [0.5, 0.6) is 11.5 Å². The number of nitrogens with one attached hydrogen (secondary N) is 1. The molecule has 0 aliphatic rings. The van der Waals surface area contributed by atoms with E-state index in [0.717, 1.165) is 16.7 Å². The van der Waals surface area contributed by atoms with E-state index in [9.17, 15) is 9.59 Å². The maximum atomic E-state index is 13.4. The van der Waals surface area contributed by atoms with Gasteiger partial charge in [-0.3, -0.25) is 9.59 Å². The molecule has 1 atom stereocenters. The van der Waals surface area contributed by atoms with Gasteiger partial charge < -0.3 is 19.7 Å². The van der Waals surface area contributed by atoms with Crippen molar-refractivity contribution >= 4 is 11.8 Å². The molecule has 0 heterocycles. The Hall–Kier alpha value is -3.80. The van der Waals surface area contributed by atoms with Crippen LogP contribution in [0.3, 0.4) is 0 Å². The quantitative estimate of drug-likeness (QED) is 0.515. The van der Waals surface area contributed by atoms with Crippen LogP contribution in [-0.4, -0.2) is 43.5 Å². The van der Waals surface area contributed by atoms with Gasteiger partial charge >= 0.3 is 0 Å². The van der Waals surface area contributed by atoms with E-state index in [1.165, 1.54) is 0 Å². The van der Waals surface area contributed by atoms with Gasteiger partial charge in [0.05, 0.1) is 7.11 Å². The summed E-state index contributed by atoms with van der Waals surface area (Å²) in [6.45, 7) is 2.07. The SMILES string of the molecule is CNC(=O)C(Cc1ccccc1)N(Cc1cccc(OC)c1)C(=O)COc1ccc(C)cc1. The Morgan fingerprint density at radius 1 is 0.909 bits per heavy atom. The van der Waals surface area contributed by atoms with E-state index in [0.29, 0.717) is 17.9 Å². The second-order valence-corrected chi connectivity index (χ2v) is 7.79. The highest BCUT2D eigenvalue weighted by atomic mass is 16.5. The minimum Gasteiger partial charge on any atom is -0.497 e. The van der Waals surface area contributed by atoms with E-state index in [1.54, 1.807) is 19.1 Å². The fourth-order valence-corrected chi connectivity index (χ4v) is 3.55. The van der Waals surface area contributed by atoms with Crippen LogP contribution in [0.2, 0.25) is 0 Å². The predicted octanol–water partition coefficient (Wildman–Crippen LogP) is 3.77. The van der Waals surface area contributed by atoms with Crippen LogP contribution >= 0.6 is 0 Å². The lowest BCUT2D eigenvalue weighted by Gasteiger charge is -2.31. The van der Waals surface area contributed by atoms with E-state index < -0.39 is 6.04 Å². The molecule has 0 aliphatic heterocycles. The van der Waals surface area contributed by atoms with Crippen LogP contribution < -0.4 is 14.8 Å². The van der Waals surface area contributed by atoms with E-state index in [4.69, 9.17) is 9.47 Å². The molecular weight excluding hydrogens is 416 g/mol. The Morgan fingerprint density at radius 2 is 1.61 bits per heavy atom. The maximum absolute atomic E-state index is 13.4. The number of rotatable bonds is 10.